The average molecular weight is 228 g/mol. The first-order valence-corrected chi connectivity index (χ1v) is 6.26. The SMILES string of the molecule is N#CC1OC2CCCCN2C1c1ccccc1. The third-order valence-electron chi connectivity index (χ3n) is 3.70. The first-order valence-electron chi connectivity index (χ1n) is 6.26. The lowest BCUT2D eigenvalue weighted by Crippen LogP contribution is -2.36. The second kappa shape index (κ2) is 4.48. The van der Waals surface area contributed by atoms with Crippen LogP contribution in [0.2, 0.25) is 0 Å². The molecule has 0 N–H and O–H groups in total. The number of nitriles is 1. The van der Waals surface area contributed by atoms with Gasteiger partial charge in [-0.2, -0.15) is 5.26 Å². The Kier molecular flexibility index (Phi) is 2.84. The standard InChI is InChI=1S/C14H16N2O/c15-10-12-14(11-6-2-1-3-7-11)16-9-5-4-8-13(16)17-12/h1-3,6-7,12-14H,4-5,8-9H2. The van der Waals surface area contributed by atoms with Gasteiger partial charge in [-0.05, 0) is 24.8 Å². The Morgan fingerprint density at radius 3 is 2.82 bits per heavy atom. The van der Waals surface area contributed by atoms with E-state index in [2.05, 4.69) is 23.1 Å². The molecule has 1 aromatic carbocycles. The van der Waals surface area contributed by atoms with E-state index in [1.165, 1.54) is 18.4 Å². The van der Waals surface area contributed by atoms with Gasteiger partial charge < -0.3 is 4.74 Å². The summed E-state index contributed by atoms with van der Waals surface area (Å²) in [5.41, 5.74) is 1.20. The summed E-state index contributed by atoms with van der Waals surface area (Å²) >= 11 is 0. The zero-order chi connectivity index (χ0) is 11.7. The highest BCUT2D eigenvalue weighted by Crippen LogP contribution is 2.39. The highest BCUT2D eigenvalue weighted by atomic mass is 16.5. The Bertz CT molecular complexity index is 426. The molecular weight excluding hydrogens is 212 g/mol. The topological polar surface area (TPSA) is 36.3 Å². The van der Waals surface area contributed by atoms with Crippen LogP contribution < -0.4 is 0 Å². The number of benzene rings is 1. The molecule has 3 unspecified atom stereocenters. The van der Waals surface area contributed by atoms with Gasteiger partial charge in [0, 0.05) is 6.54 Å². The molecule has 2 aliphatic heterocycles. The van der Waals surface area contributed by atoms with Crippen LogP contribution in [0.5, 0.6) is 0 Å². The molecule has 2 aliphatic rings. The van der Waals surface area contributed by atoms with E-state index in [4.69, 9.17) is 4.74 Å². The zero-order valence-corrected chi connectivity index (χ0v) is 9.75. The summed E-state index contributed by atoms with van der Waals surface area (Å²) in [6.45, 7) is 1.04. The fourth-order valence-electron chi connectivity index (χ4n) is 2.92. The molecule has 3 rings (SSSR count). The summed E-state index contributed by atoms with van der Waals surface area (Å²) in [4.78, 5) is 2.35. The second-order valence-electron chi connectivity index (χ2n) is 4.73. The molecule has 0 spiro atoms. The molecule has 3 nitrogen and oxygen atoms in total. The fraction of sp³-hybridized carbons (Fsp3) is 0.500. The van der Waals surface area contributed by atoms with E-state index in [1.54, 1.807) is 0 Å². The number of ether oxygens (including phenoxy) is 1. The minimum atomic E-state index is -0.319. The Hall–Kier alpha value is -1.37. The van der Waals surface area contributed by atoms with Crippen LogP contribution in [0.3, 0.4) is 0 Å². The van der Waals surface area contributed by atoms with Crippen LogP contribution >= 0.6 is 0 Å². The molecule has 2 heterocycles. The molecule has 0 aromatic heterocycles. The van der Waals surface area contributed by atoms with Crippen molar-refractivity contribution in [2.75, 3.05) is 6.54 Å². The van der Waals surface area contributed by atoms with E-state index < -0.39 is 0 Å². The Labute approximate surface area is 102 Å². The quantitative estimate of drug-likeness (QED) is 0.740. The maximum atomic E-state index is 9.24. The van der Waals surface area contributed by atoms with Gasteiger partial charge in [-0.25, -0.2) is 0 Å². The van der Waals surface area contributed by atoms with Crippen molar-refractivity contribution in [3.05, 3.63) is 35.9 Å². The number of nitrogens with zero attached hydrogens (tertiary/aromatic N) is 2. The zero-order valence-electron chi connectivity index (χ0n) is 9.75. The van der Waals surface area contributed by atoms with Crippen molar-refractivity contribution in [1.29, 1.82) is 5.26 Å². The number of hydrogen-bond acceptors (Lipinski definition) is 3. The van der Waals surface area contributed by atoms with Gasteiger partial charge in [-0.1, -0.05) is 30.3 Å². The van der Waals surface area contributed by atoms with E-state index in [0.717, 1.165) is 13.0 Å². The van der Waals surface area contributed by atoms with Gasteiger partial charge in [0.2, 0.25) is 0 Å². The second-order valence-corrected chi connectivity index (χ2v) is 4.73. The van der Waals surface area contributed by atoms with Gasteiger partial charge in [0.1, 0.15) is 6.23 Å². The van der Waals surface area contributed by atoms with Crippen LogP contribution in [0.15, 0.2) is 30.3 Å². The minimum Gasteiger partial charge on any atom is -0.343 e. The number of fused-ring (bicyclic) bond motifs is 1. The van der Waals surface area contributed by atoms with Crippen LogP contribution in [0.4, 0.5) is 0 Å². The molecule has 2 saturated heterocycles. The molecular formula is C14H16N2O. The maximum Gasteiger partial charge on any atom is 0.165 e. The Morgan fingerprint density at radius 2 is 2.06 bits per heavy atom. The molecule has 3 heteroatoms. The number of piperidine rings is 1. The Morgan fingerprint density at radius 1 is 1.24 bits per heavy atom. The summed E-state index contributed by atoms with van der Waals surface area (Å²) in [5, 5.41) is 9.24. The molecule has 17 heavy (non-hydrogen) atoms. The fourth-order valence-corrected chi connectivity index (χ4v) is 2.92. The van der Waals surface area contributed by atoms with Crippen molar-refractivity contribution < 1.29 is 4.74 Å². The highest BCUT2D eigenvalue weighted by Gasteiger charge is 2.43. The van der Waals surface area contributed by atoms with Gasteiger partial charge in [-0.3, -0.25) is 4.90 Å². The molecule has 1 aromatic rings. The molecule has 0 bridgehead atoms. The third-order valence-corrected chi connectivity index (χ3v) is 3.70. The lowest BCUT2D eigenvalue weighted by Gasteiger charge is -2.31. The van der Waals surface area contributed by atoms with E-state index in [-0.39, 0.29) is 18.4 Å². The van der Waals surface area contributed by atoms with Crippen molar-refractivity contribution in [2.24, 2.45) is 0 Å². The number of rotatable bonds is 1. The van der Waals surface area contributed by atoms with E-state index in [1.807, 2.05) is 18.2 Å². The van der Waals surface area contributed by atoms with Crippen LogP contribution in [0, 0.1) is 11.3 Å². The van der Waals surface area contributed by atoms with Gasteiger partial charge in [-0.15, -0.1) is 0 Å². The van der Waals surface area contributed by atoms with Crippen molar-refractivity contribution in [1.82, 2.24) is 4.90 Å². The van der Waals surface area contributed by atoms with E-state index in [0.29, 0.717) is 0 Å². The molecule has 2 fully saturated rings. The van der Waals surface area contributed by atoms with Crippen LogP contribution in [0.25, 0.3) is 0 Å². The maximum absolute atomic E-state index is 9.24. The molecule has 0 aliphatic carbocycles. The van der Waals surface area contributed by atoms with Crippen molar-refractivity contribution in [3.63, 3.8) is 0 Å². The van der Waals surface area contributed by atoms with E-state index >= 15 is 0 Å². The normalized spacial score (nSPS) is 33.0. The first kappa shape index (κ1) is 10.8. The summed E-state index contributed by atoms with van der Waals surface area (Å²) < 4.78 is 5.85. The lowest BCUT2D eigenvalue weighted by atomic mass is 9.99. The molecule has 0 saturated carbocycles. The van der Waals surface area contributed by atoms with Gasteiger partial charge in [0.05, 0.1) is 12.1 Å². The predicted molar refractivity (Wildman–Crippen MR) is 64.0 cm³/mol. The van der Waals surface area contributed by atoms with Crippen LogP contribution in [-0.2, 0) is 4.74 Å². The summed E-state index contributed by atoms with van der Waals surface area (Å²) in [7, 11) is 0. The van der Waals surface area contributed by atoms with Crippen LogP contribution in [0.1, 0.15) is 30.9 Å². The monoisotopic (exact) mass is 228 g/mol. The van der Waals surface area contributed by atoms with Gasteiger partial charge >= 0.3 is 0 Å². The minimum absolute atomic E-state index is 0.117. The highest BCUT2D eigenvalue weighted by molar-refractivity contribution is 5.24. The first-order chi connectivity index (χ1) is 8.40. The largest absolute Gasteiger partial charge is 0.343 e. The van der Waals surface area contributed by atoms with Crippen molar-refractivity contribution in [3.8, 4) is 6.07 Å². The molecule has 88 valence electrons. The lowest BCUT2D eigenvalue weighted by molar-refractivity contribution is -0.00791. The van der Waals surface area contributed by atoms with Gasteiger partial charge in [0.25, 0.3) is 0 Å². The summed E-state index contributed by atoms with van der Waals surface area (Å²) in [6, 6.07) is 12.7. The average Bonchev–Trinajstić information content (AvgIpc) is 2.78. The van der Waals surface area contributed by atoms with E-state index in [9.17, 15) is 5.26 Å². The van der Waals surface area contributed by atoms with Gasteiger partial charge in [0.15, 0.2) is 6.10 Å². The molecule has 0 radical (unpaired) electrons. The Balaban J connectivity index is 1.93. The molecule has 3 atom stereocenters. The van der Waals surface area contributed by atoms with Crippen molar-refractivity contribution in [2.45, 2.75) is 37.6 Å². The van der Waals surface area contributed by atoms with Crippen LogP contribution in [-0.4, -0.2) is 23.8 Å². The number of hydrogen-bond donors (Lipinski definition) is 0. The summed E-state index contributed by atoms with van der Waals surface area (Å²) in [5.74, 6) is 0. The third kappa shape index (κ3) is 1.84. The van der Waals surface area contributed by atoms with Crippen molar-refractivity contribution >= 4 is 0 Å². The smallest absolute Gasteiger partial charge is 0.165 e. The molecule has 0 amide bonds. The predicted octanol–water partition coefficient (Wildman–Crippen LogP) is 2.46. The summed E-state index contributed by atoms with van der Waals surface area (Å²) in [6.07, 6.45) is 3.31.